The molecule has 4 aromatic rings. The smallest absolute Gasteiger partial charge is 0.349 e. The quantitative estimate of drug-likeness (QED) is 0.453. The fourth-order valence-electron chi connectivity index (χ4n) is 3.68. The summed E-state index contributed by atoms with van der Waals surface area (Å²) in [5.41, 5.74) is 0.872. The molecule has 5 rings (SSSR count). The molecule has 0 atom stereocenters. The van der Waals surface area contributed by atoms with Crippen LogP contribution in [0.2, 0.25) is 5.02 Å². The zero-order valence-corrected chi connectivity index (χ0v) is 17.4. The number of hydrogen-bond donors (Lipinski definition) is 0. The van der Waals surface area contributed by atoms with Gasteiger partial charge in [-0.3, -0.25) is 18.6 Å². The summed E-state index contributed by atoms with van der Waals surface area (Å²) in [7, 11) is 0. The molecule has 0 saturated carbocycles. The Balaban J connectivity index is 1.44. The minimum atomic E-state index is -0.571. The van der Waals surface area contributed by atoms with Gasteiger partial charge in [-0.15, -0.1) is 11.3 Å². The predicted octanol–water partition coefficient (Wildman–Crippen LogP) is 2.73. The van der Waals surface area contributed by atoms with Gasteiger partial charge in [-0.2, -0.15) is 0 Å². The normalized spacial score (nSPS) is 13.1. The molecule has 5 heterocycles. The maximum Gasteiger partial charge on any atom is 0.349 e. The largest absolute Gasteiger partial charge is 0.455 e. The summed E-state index contributed by atoms with van der Waals surface area (Å²) >= 11 is 7.06. The van der Waals surface area contributed by atoms with Gasteiger partial charge in [-0.25, -0.2) is 14.8 Å². The standard InChI is InChI=1S/C20H15ClN4O4S/c1-10-16-18(23-13-3-2-6-24(13)19(16)27)30-17(10)20(28)29-9-12-7-15(26)25-8-11(21)4-5-14(25)22-12/h4-5,7-8H,2-3,6,9H2,1H3. The molecule has 8 nitrogen and oxygen atoms in total. The summed E-state index contributed by atoms with van der Waals surface area (Å²) in [6.45, 7) is 2.22. The average molecular weight is 443 g/mol. The highest BCUT2D eigenvalue weighted by molar-refractivity contribution is 7.20. The summed E-state index contributed by atoms with van der Waals surface area (Å²) in [5.74, 6) is 0.188. The van der Waals surface area contributed by atoms with Gasteiger partial charge in [0.05, 0.1) is 16.1 Å². The Kier molecular flexibility index (Phi) is 4.44. The Morgan fingerprint density at radius 1 is 1.30 bits per heavy atom. The van der Waals surface area contributed by atoms with Gasteiger partial charge >= 0.3 is 5.97 Å². The summed E-state index contributed by atoms with van der Waals surface area (Å²) < 4.78 is 8.39. The lowest BCUT2D eigenvalue weighted by atomic mass is 10.2. The van der Waals surface area contributed by atoms with Crippen molar-refractivity contribution >= 4 is 44.8 Å². The van der Waals surface area contributed by atoms with Gasteiger partial charge in [0.25, 0.3) is 11.1 Å². The predicted molar refractivity (Wildman–Crippen MR) is 113 cm³/mol. The molecule has 10 heteroatoms. The zero-order chi connectivity index (χ0) is 21.0. The van der Waals surface area contributed by atoms with E-state index < -0.39 is 5.97 Å². The number of pyridine rings is 1. The number of aromatic nitrogens is 4. The second-order valence-corrected chi connectivity index (χ2v) is 8.50. The number of carbonyl (C=O) groups excluding carboxylic acids is 1. The molecule has 0 unspecified atom stereocenters. The molecule has 0 bridgehead atoms. The number of ether oxygens (including phenoxy) is 1. The Hall–Kier alpha value is -3.04. The van der Waals surface area contributed by atoms with Gasteiger partial charge in [0.2, 0.25) is 0 Å². The number of carbonyl (C=O) groups is 1. The van der Waals surface area contributed by atoms with E-state index >= 15 is 0 Å². The summed E-state index contributed by atoms with van der Waals surface area (Å²) in [6, 6.07) is 4.54. The lowest BCUT2D eigenvalue weighted by Gasteiger charge is -2.06. The van der Waals surface area contributed by atoms with Crippen LogP contribution in [0.5, 0.6) is 0 Å². The first kappa shape index (κ1) is 19.0. The minimum Gasteiger partial charge on any atom is -0.455 e. The average Bonchev–Trinajstić information content (AvgIpc) is 3.32. The first-order chi connectivity index (χ1) is 14.4. The topological polar surface area (TPSA) is 95.6 Å². The van der Waals surface area contributed by atoms with Crippen LogP contribution in [0.25, 0.3) is 15.9 Å². The second kappa shape index (κ2) is 7.03. The van der Waals surface area contributed by atoms with E-state index in [0.29, 0.717) is 43.6 Å². The number of fused-ring (bicyclic) bond motifs is 3. The Bertz CT molecular complexity index is 1470. The second-order valence-electron chi connectivity index (χ2n) is 7.06. The molecule has 0 fully saturated rings. The van der Waals surface area contributed by atoms with Crippen LogP contribution < -0.4 is 11.1 Å². The Morgan fingerprint density at radius 2 is 2.13 bits per heavy atom. The molecule has 0 N–H and O–H groups in total. The van der Waals surface area contributed by atoms with Crippen molar-refractivity contribution in [1.29, 1.82) is 0 Å². The van der Waals surface area contributed by atoms with Gasteiger partial charge in [0.15, 0.2) is 0 Å². The fourth-order valence-corrected chi connectivity index (χ4v) is 4.92. The maximum atomic E-state index is 12.8. The molecule has 0 aliphatic carbocycles. The van der Waals surface area contributed by atoms with Crippen molar-refractivity contribution < 1.29 is 9.53 Å². The van der Waals surface area contributed by atoms with Gasteiger partial charge in [-0.1, -0.05) is 11.6 Å². The Morgan fingerprint density at radius 3 is 2.97 bits per heavy atom. The number of thiophene rings is 1. The highest BCUT2D eigenvalue weighted by Gasteiger charge is 2.24. The van der Waals surface area contributed by atoms with Crippen molar-refractivity contribution in [2.24, 2.45) is 0 Å². The number of nitrogens with zero attached hydrogens (tertiary/aromatic N) is 4. The number of rotatable bonds is 3. The molecule has 1 aliphatic heterocycles. The van der Waals surface area contributed by atoms with Crippen LogP contribution in [0.15, 0.2) is 34.0 Å². The van der Waals surface area contributed by atoms with Gasteiger partial charge in [-0.05, 0) is 31.0 Å². The van der Waals surface area contributed by atoms with Crippen molar-refractivity contribution in [2.45, 2.75) is 32.9 Å². The van der Waals surface area contributed by atoms with Crippen LogP contribution in [-0.4, -0.2) is 24.9 Å². The summed E-state index contributed by atoms with van der Waals surface area (Å²) in [4.78, 5) is 47.5. The van der Waals surface area contributed by atoms with Crippen LogP contribution in [0.1, 0.15) is 33.2 Å². The first-order valence-corrected chi connectivity index (χ1v) is 10.5. The third-order valence-corrected chi connectivity index (χ3v) is 6.51. The van der Waals surface area contributed by atoms with Gasteiger partial charge in [0.1, 0.15) is 27.8 Å². The summed E-state index contributed by atoms with van der Waals surface area (Å²) in [6.07, 6.45) is 3.14. The molecule has 30 heavy (non-hydrogen) atoms. The van der Waals surface area contributed by atoms with Crippen LogP contribution in [0.4, 0.5) is 0 Å². The molecule has 152 valence electrons. The molecule has 0 radical (unpaired) electrons. The molecular formula is C20H15ClN4O4S. The van der Waals surface area contributed by atoms with Crippen LogP contribution >= 0.6 is 22.9 Å². The maximum absolute atomic E-state index is 12.8. The third kappa shape index (κ3) is 3.01. The van der Waals surface area contributed by atoms with E-state index in [9.17, 15) is 14.4 Å². The number of aryl methyl sites for hydroxylation is 2. The first-order valence-electron chi connectivity index (χ1n) is 9.30. The van der Waals surface area contributed by atoms with Crippen molar-refractivity contribution in [2.75, 3.05) is 0 Å². The molecular weight excluding hydrogens is 428 g/mol. The van der Waals surface area contributed by atoms with Gasteiger partial charge in [0, 0.05) is 25.2 Å². The van der Waals surface area contributed by atoms with Crippen molar-refractivity contribution in [3.8, 4) is 0 Å². The van der Waals surface area contributed by atoms with E-state index in [4.69, 9.17) is 16.3 Å². The SMILES string of the molecule is Cc1c(C(=O)OCc2cc(=O)n3cc(Cl)ccc3n2)sc2nc3n(c(=O)c12)CCC3. The lowest BCUT2D eigenvalue weighted by Crippen LogP contribution is -2.20. The van der Waals surface area contributed by atoms with E-state index in [1.54, 1.807) is 23.6 Å². The molecule has 1 aliphatic rings. The van der Waals surface area contributed by atoms with E-state index in [2.05, 4.69) is 9.97 Å². The third-order valence-electron chi connectivity index (χ3n) is 5.12. The van der Waals surface area contributed by atoms with Crippen LogP contribution in [0, 0.1) is 6.92 Å². The highest BCUT2D eigenvalue weighted by atomic mass is 35.5. The van der Waals surface area contributed by atoms with Crippen LogP contribution in [0.3, 0.4) is 0 Å². The van der Waals surface area contributed by atoms with E-state index in [1.165, 1.54) is 16.7 Å². The minimum absolute atomic E-state index is 0.108. The van der Waals surface area contributed by atoms with E-state index in [1.807, 2.05) is 0 Å². The number of hydrogen-bond acceptors (Lipinski definition) is 7. The molecule has 4 aromatic heterocycles. The number of esters is 1. The molecule has 0 saturated heterocycles. The fraction of sp³-hybridized carbons (Fsp3) is 0.250. The monoisotopic (exact) mass is 442 g/mol. The molecule has 0 amide bonds. The van der Waals surface area contributed by atoms with Crippen molar-refractivity contribution in [1.82, 2.24) is 18.9 Å². The summed E-state index contributed by atoms with van der Waals surface area (Å²) in [5, 5.41) is 0.887. The van der Waals surface area contributed by atoms with Gasteiger partial charge < -0.3 is 4.74 Å². The molecule has 0 aromatic carbocycles. The molecule has 0 spiro atoms. The van der Waals surface area contributed by atoms with Crippen molar-refractivity contribution in [3.63, 3.8) is 0 Å². The van der Waals surface area contributed by atoms with Crippen LogP contribution in [-0.2, 0) is 24.3 Å². The lowest BCUT2D eigenvalue weighted by molar-refractivity contribution is 0.0473. The Labute approximate surface area is 178 Å². The number of halogens is 1. The van der Waals surface area contributed by atoms with Crippen molar-refractivity contribution in [3.05, 3.63) is 72.1 Å². The zero-order valence-electron chi connectivity index (χ0n) is 15.8. The highest BCUT2D eigenvalue weighted by Crippen LogP contribution is 2.29. The van der Waals surface area contributed by atoms with E-state index in [0.717, 1.165) is 30.0 Å². The van der Waals surface area contributed by atoms with E-state index in [-0.39, 0.29) is 17.7 Å².